The number of alkyl halides is 3. The van der Waals surface area contributed by atoms with Crippen molar-refractivity contribution < 1.29 is 18.0 Å². The van der Waals surface area contributed by atoms with Crippen LogP contribution in [0.5, 0.6) is 0 Å². The number of hydrogen-bond acceptors (Lipinski definition) is 3. The molecule has 0 radical (unpaired) electrons. The Bertz CT molecular complexity index is 200. The van der Waals surface area contributed by atoms with Gasteiger partial charge >= 0.3 is 6.18 Å². The smallest absolute Gasteiger partial charge is 0.303 e. The molecule has 1 saturated heterocycles. The Balaban J connectivity index is 2.21. The molecular weight excluding hydrogens is 209 g/mol. The van der Waals surface area contributed by atoms with E-state index in [1.165, 1.54) is 4.90 Å². The van der Waals surface area contributed by atoms with E-state index in [9.17, 15) is 18.0 Å². The standard InChI is InChI=1S/C9H15F3N2O/c10-9(11,12)8-14-5-3-13(4-6-14)2-1-7-15/h7H,1-6,8H2. The maximum Gasteiger partial charge on any atom is 0.401 e. The van der Waals surface area contributed by atoms with Crippen LogP contribution in [0, 0.1) is 0 Å². The first kappa shape index (κ1) is 12.4. The van der Waals surface area contributed by atoms with Gasteiger partial charge in [-0.05, 0) is 0 Å². The molecule has 1 rings (SSSR count). The third kappa shape index (κ3) is 5.13. The minimum absolute atomic E-state index is 0.429. The fourth-order valence-electron chi connectivity index (χ4n) is 1.66. The third-order valence-corrected chi connectivity index (χ3v) is 2.43. The van der Waals surface area contributed by atoms with Crippen LogP contribution in [0.2, 0.25) is 0 Å². The molecule has 3 nitrogen and oxygen atoms in total. The molecular formula is C9H15F3N2O. The van der Waals surface area contributed by atoms with E-state index in [4.69, 9.17) is 0 Å². The molecule has 0 aromatic rings. The fraction of sp³-hybridized carbons (Fsp3) is 0.889. The molecule has 15 heavy (non-hydrogen) atoms. The first-order valence-corrected chi connectivity index (χ1v) is 4.96. The van der Waals surface area contributed by atoms with Crippen molar-refractivity contribution in [2.75, 3.05) is 39.3 Å². The van der Waals surface area contributed by atoms with Gasteiger partial charge in [0.1, 0.15) is 6.29 Å². The molecule has 6 heteroatoms. The second-order valence-electron chi connectivity index (χ2n) is 3.69. The highest BCUT2D eigenvalue weighted by Crippen LogP contribution is 2.17. The first-order valence-electron chi connectivity index (χ1n) is 4.96. The maximum atomic E-state index is 12.0. The summed E-state index contributed by atoms with van der Waals surface area (Å²) in [6.07, 6.45) is -2.81. The van der Waals surface area contributed by atoms with Gasteiger partial charge in [-0.2, -0.15) is 13.2 Å². The third-order valence-electron chi connectivity index (χ3n) is 2.43. The summed E-state index contributed by atoms with van der Waals surface area (Å²) in [4.78, 5) is 13.5. The lowest BCUT2D eigenvalue weighted by atomic mass is 10.3. The van der Waals surface area contributed by atoms with Crippen molar-refractivity contribution in [3.8, 4) is 0 Å². The van der Waals surface area contributed by atoms with Crippen molar-refractivity contribution in [1.82, 2.24) is 9.80 Å². The van der Waals surface area contributed by atoms with Crippen molar-refractivity contribution >= 4 is 6.29 Å². The Morgan fingerprint density at radius 3 is 2.07 bits per heavy atom. The molecule has 1 fully saturated rings. The molecule has 0 saturated carbocycles. The number of nitrogens with zero attached hydrogens (tertiary/aromatic N) is 2. The van der Waals surface area contributed by atoms with Crippen molar-refractivity contribution in [1.29, 1.82) is 0 Å². The minimum Gasteiger partial charge on any atom is -0.303 e. The minimum atomic E-state index is -4.11. The molecule has 0 amide bonds. The second-order valence-corrected chi connectivity index (χ2v) is 3.69. The van der Waals surface area contributed by atoms with Crippen molar-refractivity contribution in [2.45, 2.75) is 12.6 Å². The van der Waals surface area contributed by atoms with E-state index in [-0.39, 0.29) is 0 Å². The topological polar surface area (TPSA) is 23.6 Å². The van der Waals surface area contributed by atoms with E-state index in [1.54, 1.807) is 0 Å². The predicted octanol–water partition coefficient (Wildman–Crippen LogP) is 0.755. The number of piperazine rings is 1. The van der Waals surface area contributed by atoms with E-state index >= 15 is 0 Å². The molecule has 0 spiro atoms. The lowest BCUT2D eigenvalue weighted by Gasteiger charge is -2.34. The Morgan fingerprint density at radius 1 is 1.07 bits per heavy atom. The number of hydrogen-bond donors (Lipinski definition) is 0. The van der Waals surface area contributed by atoms with Crippen LogP contribution in [0.3, 0.4) is 0 Å². The van der Waals surface area contributed by atoms with Crippen LogP contribution in [0.1, 0.15) is 6.42 Å². The molecule has 88 valence electrons. The zero-order chi connectivity index (χ0) is 11.3. The van der Waals surface area contributed by atoms with E-state index in [0.717, 1.165) is 6.29 Å². The van der Waals surface area contributed by atoms with Crippen LogP contribution in [0.25, 0.3) is 0 Å². The number of aldehydes is 1. The van der Waals surface area contributed by atoms with Gasteiger partial charge in [-0.1, -0.05) is 0 Å². The molecule has 1 aliphatic rings. The van der Waals surface area contributed by atoms with Crippen LogP contribution >= 0.6 is 0 Å². The van der Waals surface area contributed by atoms with Crippen molar-refractivity contribution in [3.05, 3.63) is 0 Å². The lowest BCUT2D eigenvalue weighted by Crippen LogP contribution is -2.49. The molecule has 1 heterocycles. The molecule has 0 atom stereocenters. The summed E-state index contributed by atoms with van der Waals surface area (Å²) in [5.41, 5.74) is 0. The Kier molecular flexibility index (Phi) is 4.53. The number of halogens is 3. The summed E-state index contributed by atoms with van der Waals surface area (Å²) in [7, 11) is 0. The predicted molar refractivity (Wildman–Crippen MR) is 49.6 cm³/mol. The maximum absolute atomic E-state index is 12.0. The highest BCUT2D eigenvalue weighted by atomic mass is 19.4. The quantitative estimate of drug-likeness (QED) is 0.658. The fourth-order valence-corrected chi connectivity index (χ4v) is 1.66. The summed E-state index contributed by atoms with van der Waals surface area (Å²) in [6.45, 7) is 1.92. The van der Waals surface area contributed by atoms with Crippen molar-refractivity contribution in [2.24, 2.45) is 0 Å². The summed E-state index contributed by atoms with van der Waals surface area (Å²) in [5, 5.41) is 0. The van der Waals surface area contributed by atoms with Gasteiger partial charge in [-0.25, -0.2) is 0 Å². The van der Waals surface area contributed by atoms with Crippen LogP contribution in [0.15, 0.2) is 0 Å². The zero-order valence-corrected chi connectivity index (χ0v) is 8.46. The second kappa shape index (κ2) is 5.46. The van der Waals surface area contributed by atoms with Gasteiger partial charge in [0.05, 0.1) is 6.54 Å². The van der Waals surface area contributed by atoms with Crippen LogP contribution < -0.4 is 0 Å². The van der Waals surface area contributed by atoms with Gasteiger partial charge in [-0.15, -0.1) is 0 Å². The molecule has 0 aromatic carbocycles. The molecule has 0 unspecified atom stereocenters. The lowest BCUT2D eigenvalue weighted by molar-refractivity contribution is -0.149. The van der Waals surface area contributed by atoms with Gasteiger partial charge in [0, 0.05) is 39.1 Å². The van der Waals surface area contributed by atoms with Gasteiger partial charge in [0.25, 0.3) is 0 Å². The van der Waals surface area contributed by atoms with E-state index in [0.29, 0.717) is 39.1 Å². The normalized spacial score (nSPS) is 20.5. The largest absolute Gasteiger partial charge is 0.401 e. The summed E-state index contributed by atoms with van der Waals surface area (Å²) in [6, 6.07) is 0. The van der Waals surface area contributed by atoms with Crippen LogP contribution in [-0.2, 0) is 4.79 Å². The van der Waals surface area contributed by atoms with Gasteiger partial charge in [0.2, 0.25) is 0 Å². The summed E-state index contributed by atoms with van der Waals surface area (Å²) in [5.74, 6) is 0. The van der Waals surface area contributed by atoms with Gasteiger partial charge < -0.3 is 9.69 Å². The summed E-state index contributed by atoms with van der Waals surface area (Å²) < 4.78 is 36.1. The van der Waals surface area contributed by atoms with E-state index in [2.05, 4.69) is 0 Å². The number of rotatable bonds is 4. The van der Waals surface area contributed by atoms with Gasteiger partial charge in [0.15, 0.2) is 0 Å². The van der Waals surface area contributed by atoms with Crippen molar-refractivity contribution in [3.63, 3.8) is 0 Å². The van der Waals surface area contributed by atoms with Gasteiger partial charge in [-0.3, -0.25) is 4.90 Å². The Hall–Kier alpha value is -0.620. The molecule has 1 aliphatic heterocycles. The highest BCUT2D eigenvalue weighted by Gasteiger charge is 2.31. The number of carbonyl (C=O) groups is 1. The molecule has 0 aliphatic carbocycles. The Labute approximate surface area is 86.8 Å². The number of carbonyl (C=O) groups excluding carboxylic acids is 1. The van der Waals surface area contributed by atoms with E-state index < -0.39 is 12.7 Å². The average Bonchev–Trinajstić information content (AvgIpc) is 2.14. The molecule has 0 N–H and O–H groups in total. The van der Waals surface area contributed by atoms with Crippen LogP contribution in [0.4, 0.5) is 13.2 Å². The SMILES string of the molecule is O=CCCN1CCN(CC(F)(F)F)CC1. The Morgan fingerprint density at radius 2 is 1.60 bits per heavy atom. The molecule has 0 bridgehead atoms. The highest BCUT2D eigenvalue weighted by molar-refractivity contribution is 5.49. The summed E-state index contributed by atoms with van der Waals surface area (Å²) >= 11 is 0. The molecule has 0 aromatic heterocycles. The van der Waals surface area contributed by atoms with Crippen LogP contribution in [-0.4, -0.2) is 61.5 Å². The average molecular weight is 224 g/mol. The monoisotopic (exact) mass is 224 g/mol. The van der Waals surface area contributed by atoms with E-state index in [1.807, 2.05) is 4.90 Å². The first-order chi connectivity index (χ1) is 7.01. The zero-order valence-electron chi connectivity index (χ0n) is 8.46.